The fourth-order valence-corrected chi connectivity index (χ4v) is 3.59. The monoisotopic (exact) mass is 297 g/mol. The highest BCUT2D eigenvalue weighted by molar-refractivity contribution is 7.14. The first-order valence-electron chi connectivity index (χ1n) is 7.38. The van der Waals surface area contributed by atoms with Crippen LogP contribution in [0, 0.1) is 0 Å². The van der Waals surface area contributed by atoms with Crippen LogP contribution in [0.5, 0.6) is 0 Å². The molecule has 0 bridgehead atoms. The number of hydrogen-bond acceptors (Lipinski definition) is 4. The molecule has 0 saturated heterocycles. The van der Waals surface area contributed by atoms with Crippen molar-refractivity contribution >= 4 is 22.1 Å². The maximum absolute atomic E-state index is 4.42. The average Bonchev–Trinajstić information content (AvgIpc) is 3.01. The molecule has 1 heterocycles. The van der Waals surface area contributed by atoms with Gasteiger partial charge in [0, 0.05) is 5.56 Å². The Morgan fingerprint density at radius 3 is 2.67 bits per heavy atom. The quantitative estimate of drug-likeness (QED) is 0.757. The van der Waals surface area contributed by atoms with E-state index in [2.05, 4.69) is 71.8 Å². The summed E-state index contributed by atoms with van der Waals surface area (Å²) in [5.41, 5.74) is 1.17. The van der Waals surface area contributed by atoms with Gasteiger partial charge in [-0.2, -0.15) is 0 Å². The Morgan fingerprint density at radius 1 is 1.05 bits per heavy atom. The second kappa shape index (κ2) is 6.33. The van der Waals surface area contributed by atoms with E-state index >= 15 is 0 Å². The molecule has 3 nitrogen and oxygen atoms in total. The molecular formula is C17H19N3S. The molecule has 108 valence electrons. The summed E-state index contributed by atoms with van der Waals surface area (Å²) in [4.78, 5) is 0. The van der Waals surface area contributed by atoms with E-state index in [0.717, 1.165) is 23.0 Å². The summed E-state index contributed by atoms with van der Waals surface area (Å²) < 4.78 is 0. The molecule has 3 rings (SSSR count). The lowest BCUT2D eigenvalue weighted by Crippen LogP contribution is -2.19. The van der Waals surface area contributed by atoms with E-state index in [0.29, 0.717) is 6.04 Å². The smallest absolute Gasteiger partial charge is 0.148 e. The molecule has 0 aliphatic carbocycles. The Labute approximate surface area is 129 Å². The summed E-state index contributed by atoms with van der Waals surface area (Å²) in [6, 6.07) is 15.1. The van der Waals surface area contributed by atoms with E-state index in [1.54, 1.807) is 11.3 Å². The summed E-state index contributed by atoms with van der Waals surface area (Å²) >= 11 is 1.69. The lowest BCUT2D eigenvalue weighted by atomic mass is 10.1. The molecule has 0 aliphatic rings. The van der Waals surface area contributed by atoms with Crippen LogP contribution in [0.4, 0.5) is 0 Å². The van der Waals surface area contributed by atoms with Gasteiger partial charge in [0.25, 0.3) is 0 Å². The predicted molar refractivity (Wildman–Crippen MR) is 89.6 cm³/mol. The maximum atomic E-state index is 4.42. The zero-order valence-electron chi connectivity index (χ0n) is 12.3. The van der Waals surface area contributed by atoms with Crippen molar-refractivity contribution in [1.29, 1.82) is 0 Å². The molecule has 1 N–H and O–H groups in total. The molecule has 2 aromatic carbocycles. The number of nitrogens with zero attached hydrogens (tertiary/aromatic N) is 2. The number of hydrogen-bond donors (Lipinski definition) is 1. The minimum absolute atomic E-state index is 0.302. The number of fused-ring (bicyclic) bond motifs is 1. The van der Waals surface area contributed by atoms with E-state index in [1.165, 1.54) is 16.3 Å². The third kappa shape index (κ3) is 2.82. The standard InChI is InChI=1S/C17H19N3S/c1-3-15(18-4-2)17-20-19-16(21-17)14-11-7-9-12-8-5-6-10-13(12)14/h5-11,15,18H,3-4H2,1-2H3. The molecule has 3 aromatic rings. The van der Waals surface area contributed by atoms with Crippen molar-refractivity contribution in [3.8, 4) is 10.6 Å². The fraction of sp³-hybridized carbons (Fsp3) is 0.294. The first kappa shape index (κ1) is 14.2. The number of benzene rings is 2. The number of aromatic nitrogens is 2. The molecule has 0 saturated carbocycles. The summed E-state index contributed by atoms with van der Waals surface area (Å²) in [7, 11) is 0. The molecule has 1 atom stereocenters. The van der Waals surface area contributed by atoms with Gasteiger partial charge in [-0.05, 0) is 23.7 Å². The maximum Gasteiger partial charge on any atom is 0.148 e. The molecule has 4 heteroatoms. The van der Waals surface area contributed by atoms with Crippen molar-refractivity contribution in [3.63, 3.8) is 0 Å². The molecular weight excluding hydrogens is 278 g/mol. The van der Waals surface area contributed by atoms with Gasteiger partial charge in [0.2, 0.25) is 0 Å². The molecule has 1 aromatic heterocycles. The van der Waals surface area contributed by atoms with Gasteiger partial charge in [0.15, 0.2) is 0 Å². The van der Waals surface area contributed by atoms with Gasteiger partial charge in [0.1, 0.15) is 10.0 Å². The Kier molecular flexibility index (Phi) is 4.27. The van der Waals surface area contributed by atoms with Crippen LogP contribution >= 0.6 is 11.3 Å². The van der Waals surface area contributed by atoms with Crippen LogP contribution in [-0.2, 0) is 0 Å². The predicted octanol–water partition coefficient (Wildman–Crippen LogP) is 4.42. The van der Waals surface area contributed by atoms with Gasteiger partial charge in [-0.3, -0.25) is 0 Å². The first-order valence-corrected chi connectivity index (χ1v) is 8.20. The van der Waals surface area contributed by atoms with Crippen molar-refractivity contribution in [2.75, 3.05) is 6.54 Å². The van der Waals surface area contributed by atoms with Gasteiger partial charge >= 0.3 is 0 Å². The number of nitrogens with one attached hydrogen (secondary N) is 1. The SMILES string of the molecule is CCNC(CC)c1nnc(-c2cccc3ccccc23)s1. The van der Waals surface area contributed by atoms with Crippen molar-refractivity contribution in [3.05, 3.63) is 47.5 Å². The highest BCUT2D eigenvalue weighted by Gasteiger charge is 2.15. The fourth-order valence-electron chi connectivity index (χ4n) is 2.55. The Hall–Kier alpha value is -1.78. The molecule has 21 heavy (non-hydrogen) atoms. The van der Waals surface area contributed by atoms with E-state index in [4.69, 9.17) is 0 Å². The van der Waals surface area contributed by atoms with E-state index in [1.807, 2.05) is 0 Å². The van der Waals surface area contributed by atoms with Crippen molar-refractivity contribution < 1.29 is 0 Å². The summed E-state index contributed by atoms with van der Waals surface area (Å²) in [6.45, 7) is 5.24. The van der Waals surface area contributed by atoms with Crippen LogP contribution in [-0.4, -0.2) is 16.7 Å². The highest BCUT2D eigenvalue weighted by Crippen LogP contribution is 2.32. The molecule has 1 unspecified atom stereocenters. The highest BCUT2D eigenvalue weighted by atomic mass is 32.1. The van der Waals surface area contributed by atoms with Crippen LogP contribution in [0.1, 0.15) is 31.3 Å². The molecule has 0 amide bonds. The summed E-state index contributed by atoms with van der Waals surface area (Å²) in [6.07, 6.45) is 1.03. The van der Waals surface area contributed by atoms with Crippen LogP contribution in [0.15, 0.2) is 42.5 Å². The molecule has 0 aliphatic heterocycles. The Morgan fingerprint density at radius 2 is 1.86 bits per heavy atom. The second-order valence-electron chi connectivity index (χ2n) is 4.99. The van der Waals surface area contributed by atoms with Crippen LogP contribution < -0.4 is 5.32 Å². The van der Waals surface area contributed by atoms with Gasteiger partial charge in [0.05, 0.1) is 6.04 Å². The van der Waals surface area contributed by atoms with Gasteiger partial charge in [-0.1, -0.05) is 67.6 Å². The molecule has 0 fully saturated rings. The van der Waals surface area contributed by atoms with E-state index in [-0.39, 0.29) is 0 Å². The zero-order valence-corrected chi connectivity index (χ0v) is 13.2. The minimum Gasteiger partial charge on any atom is -0.308 e. The van der Waals surface area contributed by atoms with Crippen molar-refractivity contribution in [1.82, 2.24) is 15.5 Å². The van der Waals surface area contributed by atoms with Gasteiger partial charge in [-0.25, -0.2) is 0 Å². The third-order valence-electron chi connectivity index (χ3n) is 3.62. The number of rotatable bonds is 5. The van der Waals surface area contributed by atoms with Gasteiger partial charge < -0.3 is 5.32 Å². The molecule has 0 spiro atoms. The summed E-state index contributed by atoms with van der Waals surface area (Å²) in [5.74, 6) is 0. The molecule has 0 radical (unpaired) electrons. The Bertz CT molecular complexity index is 730. The average molecular weight is 297 g/mol. The van der Waals surface area contributed by atoms with E-state index in [9.17, 15) is 0 Å². The second-order valence-corrected chi connectivity index (χ2v) is 6.00. The van der Waals surface area contributed by atoms with Crippen LogP contribution in [0.2, 0.25) is 0 Å². The van der Waals surface area contributed by atoms with Crippen molar-refractivity contribution in [2.24, 2.45) is 0 Å². The largest absolute Gasteiger partial charge is 0.308 e. The van der Waals surface area contributed by atoms with Crippen molar-refractivity contribution in [2.45, 2.75) is 26.3 Å². The Balaban J connectivity index is 2.02. The topological polar surface area (TPSA) is 37.8 Å². The van der Waals surface area contributed by atoms with Crippen LogP contribution in [0.25, 0.3) is 21.3 Å². The third-order valence-corrected chi connectivity index (χ3v) is 4.69. The normalized spacial score (nSPS) is 12.7. The van der Waals surface area contributed by atoms with Crippen LogP contribution in [0.3, 0.4) is 0 Å². The van der Waals surface area contributed by atoms with Gasteiger partial charge in [-0.15, -0.1) is 10.2 Å². The van der Waals surface area contributed by atoms with E-state index < -0.39 is 0 Å². The zero-order chi connectivity index (χ0) is 14.7. The summed E-state index contributed by atoms with van der Waals surface area (Å²) in [5, 5.41) is 16.8. The lowest BCUT2D eigenvalue weighted by Gasteiger charge is -2.11. The lowest BCUT2D eigenvalue weighted by molar-refractivity contribution is 0.531. The first-order chi connectivity index (χ1) is 10.3. The minimum atomic E-state index is 0.302.